The summed E-state index contributed by atoms with van der Waals surface area (Å²) in [6, 6.07) is 11.0. The lowest BCUT2D eigenvalue weighted by atomic mass is 10.1. The van der Waals surface area contributed by atoms with E-state index in [1.807, 2.05) is 0 Å². The third-order valence-electron chi connectivity index (χ3n) is 3.81. The van der Waals surface area contributed by atoms with Crippen LogP contribution in [-0.2, 0) is 17.8 Å². The van der Waals surface area contributed by atoms with Gasteiger partial charge in [0.1, 0.15) is 5.82 Å². The van der Waals surface area contributed by atoms with Crippen LogP contribution in [0, 0.1) is 5.82 Å². The lowest BCUT2D eigenvalue weighted by Crippen LogP contribution is -2.10. The van der Waals surface area contributed by atoms with E-state index in [0.29, 0.717) is 16.5 Å². The average molecular weight is 327 g/mol. The summed E-state index contributed by atoms with van der Waals surface area (Å²) in [5.41, 5.74) is 1.12. The largest absolute Gasteiger partial charge is 0.481 e. The molecule has 0 aliphatic heterocycles. The fraction of sp³-hybridized carbons (Fsp3) is 0.111. The lowest BCUT2D eigenvalue weighted by molar-refractivity contribution is -0.136. The first-order chi connectivity index (χ1) is 11.5. The predicted octanol–water partition coefficient (Wildman–Crippen LogP) is 2.59. The molecule has 0 unspecified atom stereocenters. The summed E-state index contributed by atoms with van der Waals surface area (Å²) in [6.45, 7) is -0.508. The van der Waals surface area contributed by atoms with Crippen LogP contribution in [0.3, 0.4) is 0 Å². The lowest BCUT2D eigenvalue weighted by Gasteiger charge is -2.05. The minimum absolute atomic E-state index is 0.0547. The molecule has 5 nitrogen and oxygen atoms in total. The Hall–Kier alpha value is -2.99. The van der Waals surface area contributed by atoms with Crippen LogP contribution >= 0.6 is 0 Å². The van der Waals surface area contributed by atoms with Gasteiger partial charge in [-0.25, -0.2) is 4.39 Å². The van der Waals surface area contributed by atoms with Crippen molar-refractivity contribution in [1.29, 1.82) is 0 Å². The second kappa shape index (κ2) is 6.25. The minimum atomic E-state index is -1.06. The fourth-order valence-corrected chi connectivity index (χ4v) is 2.67. The summed E-state index contributed by atoms with van der Waals surface area (Å²) in [7, 11) is 0. The number of carboxylic acid groups (broad SMARTS) is 1. The van der Waals surface area contributed by atoms with E-state index in [0.717, 1.165) is 6.07 Å². The Kier molecular flexibility index (Phi) is 4.14. The fourth-order valence-electron chi connectivity index (χ4n) is 2.67. The smallest absolute Gasteiger partial charge is 0.307 e. The van der Waals surface area contributed by atoms with Crippen molar-refractivity contribution in [3.05, 3.63) is 71.2 Å². The van der Waals surface area contributed by atoms with E-state index in [9.17, 15) is 19.1 Å². The third kappa shape index (κ3) is 2.79. The molecular weight excluding hydrogens is 313 g/mol. The molecule has 0 amide bonds. The molecule has 0 saturated carbocycles. The molecule has 0 aliphatic rings. The maximum Gasteiger partial charge on any atom is 0.307 e. The number of nitrogens with zero attached hydrogens (tertiary/aromatic N) is 1. The summed E-state index contributed by atoms with van der Waals surface area (Å²) < 4.78 is 15.3. The Labute approximate surface area is 136 Å². The highest BCUT2D eigenvalue weighted by molar-refractivity contribution is 6.03. The molecule has 122 valence electrons. The summed E-state index contributed by atoms with van der Waals surface area (Å²) in [4.78, 5) is 23.7. The van der Waals surface area contributed by atoms with Gasteiger partial charge in [-0.3, -0.25) is 14.2 Å². The molecule has 0 radical (unpaired) electrons. The molecule has 0 fully saturated rings. The zero-order chi connectivity index (χ0) is 17.3. The van der Waals surface area contributed by atoms with E-state index in [1.165, 1.54) is 16.8 Å². The van der Waals surface area contributed by atoms with Crippen molar-refractivity contribution in [1.82, 2.24) is 4.57 Å². The maximum atomic E-state index is 14.0. The molecule has 3 aromatic rings. The SMILES string of the molecule is O=C(O)Cc1cn(C(=O)c2ccccc2)c2cc(F)c(CO)cc12. The molecule has 6 heteroatoms. The van der Waals surface area contributed by atoms with Crippen molar-refractivity contribution in [2.24, 2.45) is 0 Å². The van der Waals surface area contributed by atoms with Gasteiger partial charge < -0.3 is 10.2 Å². The number of carboxylic acids is 1. The van der Waals surface area contributed by atoms with Gasteiger partial charge in [0.2, 0.25) is 0 Å². The number of fused-ring (bicyclic) bond motifs is 1. The van der Waals surface area contributed by atoms with Gasteiger partial charge in [0, 0.05) is 22.7 Å². The number of rotatable bonds is 4. The van der Waals surface area contributed by atoms with Crippen molar-refractivity contribution >= 4 is 22.8 Å². The molecule has 0 atom stereocenters. The molecule has 1 aromatic heterocycles. The minimum Gasteiger partial charge on any atom is -0.481 e. The number of aliphatic carboxylic acids is 1. The third-order valence-corrected chi connectivity index (χ3v) is 3.81. The zero-order valence-corrected chi connectivity index (χ0v) is 12.6. The molecule has 24 heavy (non-hydrogen) atoms. The standard InChI is InChI=1S/C18H14FNO4/c19-15-8-16-14(6-13(15)10-21)12(7-17(22)23)9-20(16)18(24)11-4-2-1-3-5-11/h1-6,8-9,21H,7,10H2,(H,22,23). The van der Waals surface area contributed by atoms with E-state index in [2.05, 4.69) is 0 Å². The first kappa shape index (κ1) is 15.9. The number of aliphatic hydroxyl groups is 1. The van der Waals surface area contributed by atoms with Crippen LogP contribution in [0.25, 0.3) is 10.9 Å². The Balaban J connectivity index is 2.22. The van der Waals surface area contributed by atoms with E-state index < -0.39 is 18.4 Å². The van der Waals surface area contributed by atoms with Gasteiger partial charge >= 0.3 is 5.97 Å². The van der Waals surface area contributed by atoms with Gasteiger partial charge in [0.05, 0.1) is 18.5 Å². The molecule has 0 saturated heterocycles. The van der Waals surface area contributed by atoms with Crippen molar-refractivity contribution in [2.75, 3.05) is 0 Å². The summed E-state index contributed by atoms with van der Waals surface area (Å²) >= 11 is 0. The number of carbonyl (C=O) groups is 2. The highest BCUT2D eigenvalue weighted by Gasteiger charge is 2.18. The molecule has 2 aromatic carbocycles. The van der Waals surface area contributed by atoms with Gasteiger partial charge in [0.15, 0.2) is 0 Å². The molecule has 3 rings (SSSR count). The highest BCUT2D eigenvalue weighted by atomic mass is 19.1. The van der Waals surface area contributed by atoms with Gasteiger partial charge in [-0.05, 0) is 29.8 Å². The normalized spacial score (nSPS) is 10.9. The van der Waals surface area contributed by atoms with E-state index in [4.69, 9.17) is 5.11 Å². The van der Waals surface area contributed by atoms with Crippen LogP contribution in [0.5, 0.6) is 0 Å². The molecule has 0 bridgehead atoms. The van der Waals surface area contributed by atoms with Gasteiger partial charge in [-0.2, -0.15) is 0 Å². The second-order valence-corrected chi connectivity index (χ2v) is 5.38. The second-order valence-electron chi connectivity index (χ2n) is 5.38. The average Bonchev–Trinajstić information content (AvgIpc) is 2.91. The first-order valence-corrected chi connectivity index (χ1v) is 7.26. The molecular formula is C18H14FNO4. The number of hydrogen-bond acceptors (Lipinski definition) is 3. The van der Waals surface area contributed by atoms with Crippen molar-refractivity contribution in [2.45, 2.75) is 13.0 Å². The van der Waals surface area contributed by atoms with Crippen molar-refractivity contribution < 1.29 is 24.2 Å². The first-order valence-electron chi connectivity index (χ1n) is 7.26. The number of halogens is 1. The summed E-state index contributed by atoms with van der Waals surface area (Å²) in [5, 5.41) is 18.7. The Bertz CT molecular complexity index is 931. The Morgan fingerprint density at radius 1 is 1.08 bits per heavy atom. The van der Waals surface area contributed by atoms with Crippen molar-refractivity contribution in [3.8, 4) is 0 Å². The van der Waals surface area contributed by atoms with E-state index >= 15 is 0 Å². The van der Waals surface area contributed by atoms with Crippen LogP contribution in [-0.4, -0.2) is 26.7 Å². The summed E-state index contributed by atoms with van der Waals surface area (Å²) in [6.07, 6.45) is 1.11. The molecule has 1 heterocycles. The van der Waals surface area contributed by atoms with Crippen LogP contribution in [0.2, 0.25) is 0 Å². The van der Waals surface area contributed by atoms with Crippen molar-refractivity contribution in [3.63, 3.8) is 0 Å². The predicted molar refractivity (Wildman–Crippen MR) is 85.3 cm³/mol. The summed E-state index contributed by atoms with van der Waals surface area (Å²) in [5.74, 6) is -2.09. The number of hydrogen-bond donors (Lipinski definition) is 2. The molecule has 0 aliphatic carbocycles. The maximum absolute atomic E-state index is 14.0. The van der Waals surface area contributed by atoms with Gasteiger partial charge in [0.25, 0.3) is 5.91 Å². The van der Waals surface area contributed by atoms with Crippen LogP contribution in [0.15, 0.2) is 48.7 Å². The van der Waals surface area contributed by atoms with Crippen LogP contribution in [0.1, 0.15) is 21.5 Å². The number of carbonyl (C=O) groups excluding carboxylic acids is 1. The van der Waals surface area contributed by atoms with Gasteiger partial charge in [-0.1, -0.05) is 18.2 Å². The number of aromatic nitrogens is 1. The molecule has 2 N–H and O–H groups in total. The number of benzene rings is 2. The molecule has 0 spiro atoms. The zero-order valence-electron chi connectivity index (χ0n) is 12.6. The van der Waals surface area contributed by atoms with E-state index in [-0.39, 0.29) is 23.4 Å². The highest BCUT2D eigenvalue weighted by Crippen LogP contribution is 2.26. The Morgan fingerprint density at radius 2 is 1.79 bits per heavy atom. The number of aliphatic hydroxyl groups excluding tert-OH is 1. The van der Waals surface area contributed by atoms with E-state index in [1.54, 1.807) is 30.3 Å². The van der Waals surface area contributed by atoms with Crippen LogP contribution in [0.4, 0.5) is 4.39 Å². The monoisotopic (exact) mass is 327 g/mol. The van der Waals surface area contributed by atoms with Crippen LogP contribution < -0.4 is 0 Å². The van der Waals surface area contributed by atoms with Gasteiger partial charge in [-0.15, -0.1) is 0 Å². The topological polar surface area (TPSA) is 79.5 Å². The quantitative estimate of drug-likeness (QED) is 0.772. The Morgan fingerprint density at radius 3 is 2.42 bits per heavy atom.